The largest absolute Gasteiger partial charge is 0.343 e. The van der Waals surface area contributed by atoms with E-state index >= 15 is 0 Å². The van der Waals surface area contributed by atoms with Crippen LogP contribution in [-0.2, 0) is 14.8 Å². The second kappa shape index (κ2) is 5.90. The molecule has 0 saturated carbocycles. The fourth-order valence-corrected chi connectivity index (χ4v) is 3.44. The topological polar surface area (TPSA) is 110 Å². The van der Waals surface area contributed by atoms with E-state index in [0.29, 0.717) is 18.5 Å². The van der Waals surface area contributed by atoms with E-state index < -0.39 is 15.3 Å². The fraction of sp³-hybridized carbons (Fsp3) is 0.455. The molecular weight excluding hydrogens is 302 g/mol. The number of rotatable bonds is 4. The maximum atomic E-state index is 11.9. The van der Waals surface area contributed by atoms with Crippen LogP contribution in [0.3, 0.4) is 0 Å². The minimum atomic E-state index is -3.62. The second-order valence-corrected chi connectivity index (χ2v) is 7.16. The quantitative estimate of drug-likeness (QED) is 0.770. The van der Waals surface area contributed by atoms with Crippen molar-refractivity contribution in [3.05, 3.63) is 22.4 Å². The molecular formula is C11H15N3O4S2. The first-order valence-electron chi connectivity index (χ1n) is 5.97. The molecule has 1 unspecified atom stereocenters. The van der Waals surface area contributed by atoms with Gasteiger partial charge in [0.25, 0.3) is 5.91 Å². The minimum Gasteiger partial charge on any atom is -0.343 e. The number of nitrogens with two attached hydrogens (primary N) is 1. The smallest absolute Gasteiger partial charge is 0.252 e. The summed E-state index contributed by atoms with van der Waals surface area (Å²) < 4.78 is 22.4. The molecule has 0 radical (unpaired) electrons. The highest BCUT2D eigenvalue weighted by Crippen LogP contribution is 2.14. The molecule has 1 aliphatic rings. The lowest BCUT2D eigenvalue weighted by Crippen LogP contribution is -2.40. The number of sulfonamides is 1. The lowest BCUT2D eigenvalue weighted by atomic mass is 10.3. The van der Waals surface area contributed by atoms with Gasteiger partial charge in [-0.15, -0.1) is 0 Å². The van der Waals surface area contributed by atoms with Crippen molar-refractivity contribution in [3.8, 4) is 0 Å². The second-order valence-electron chi connectivity index (χ2n) is 4.53. The summed E-state index contributed by atoms with van der Waals surface area (Å²) in [5.41, 5.74) is 0.506. The Labute approximate surface area is 120 Å². The normalized spacial score (nSPS) is 19.1. The molecule has 2 rings (SSSR count). The summed E-state index contributed by atoms with van der Waals surface area (Å²) in [7, 11) is -3.62. The Bertz CT molecular complexity index is 597. The van der Waals surface area contributed by atoms with Crippen LogP contribution in [0.15, 0.2) is 16.8 Å². The van der Waals surface area contributed by atoms with Crippen molar-refractivity contribution in [1.29, 1.82) is 0 Å². The monoisotopic (exact) mass is 317 g/mol. The third-order valence-electron chi connectivity index (χ3n) is 3.15. The average molecular weight is 317 g/mol. The molecule has 0 bridgehead atoms. The molecule has 20 heavy (non-hydrogen) atoms. The van der Waals surface area contributed by atoms with E-state index in [0.717, 1.165) is 0 Å². The number of hydrogen-bond donors (Lipinski definition) is 2. The summed E-state index contributed by atoms with van der Waals surface area (Å²) in [6.07, 6.45) is 0.336. The zero-order valence-electron chi connectivity index (χ0n) is 10.6. The van der Waals surface area contributed by atoms with Crippen LogP contribution in [0.5, 0.6) is 0 Å². The molecule has 1 fully saturated rings. The maximum Gasteiger partial charge on any atom is 0.252 e. The third kappa shape index (κ3) is 3.56. The number of hydrogen-bond acceptors (Lipinski definition) is 5. The summed E-state index contributed by atoms with van der Waals surface area (Å²) in [6, 6.07) is 1.66. The van der Waals surface area contributed by atoms with Gasteiger partial charge in [-0.3, -0.25) is 9.59 Å². The molecule has 2 amide bonds. The van der Waals surface area contributed by atoms with Gasteiger partial charge in [-0.1, -0.05) is 0 Å². The van der Waals surface area contributed by atoms with Crippen molar-refractivity contribution < 1.29 is 18.0 Å². The zero-order chi connectivity index (χ0) is 14.8. The Balaban J connectivity index is 1.83. The first kappa shape index (κ1) is 14.9. The Morgan fingerprint density at radius 1 is 1.50 bits per heavy atom. The molecule has 0 spiro atoms. The molecule has 0 aromatic carbocycles. The fourth-order valence-electron chi connectivity index (χ4n) is 1.99. The molecule has 0 aliphatic carbocycles. The van der Waals surface area contributed by atoms with Crippen LogP contribution in [0.25, 0.3) is 0 Å². The zero-order valence-corrected chi connectivity index (χ0v) is 12.2. The van der Waals surface area contributed by atoms with Crippen molar-refractivity contribution in [1.82, 2.24) is 10.2 Å². The number of primary sulfonamides is 1. The molecule has 110 valence electrons. The Morgan fingerprint density at radius 2 is 2.25 bits per heavy atom. The van der Waals surface area contributed by atoms with Gasteiger partial charge in [0.1, 0.15) is 0 Å². The van der Waals surface area contributed by atoms with E-state index in [1.807, 2.05) is 0 Å². The van der Waals surface area contributed by atoms with Gasteiger partial charge in [-0.25, -0.2) is 13.6 Å². The number of likely N-dealkylation sites (tertiary alicyclic amines) is 1. The van der Waals surface area contributed by atoms with Gasteiger partial charge < -0.3 is 10.2 Å². The van der Waals surface area contributed by atoms with Crippen molar-refractivity contribution in [3.63, 3.8) is 0 Å². The van der Waals surface area contributed by atoms with E-state index in [2.05, 4.69) is 5.32 Å². The molecule has 1 aliphatic heterocycles. The summed E-state index contributed by atoms with van der Waals surface area (Å²) in [5, 5.41) is 10.3. The first-order chi connectivity index (χ1) is 9.38. The lowest BCUT2D eigenvalue weighted by Gasteiger charge is -2.16. The molecule has 2 heterocycles. The highest BCUT2D eigenvalue weighted by Gasteiger charge is 2.32. The van der Waals surface area contributed by atoms with Crippen LogP contribution in [0.2, 0.25) is 0 Å². The molecule has 9 heteroatoms. The highest BCUT2D eigenvalue weighted by molar-refractivity contribution is 7.89. The maximum absolute atomic E-state index is 11.9. The van der Waals surface area contributed by atoms with Crippen molar-refractivity contribution in [2.75, 3.05) is 19.6 Å². The van der Waals surface area contributed by atoms with Crippen molar-refractivity contribution in [2.24, 2.45) is 5.14 Å². The highest BCUT2D eigenvalue weighted by atomic mass is 32.2. The van der Waals surface area contributed by atoms with Crippen molar-refractivity contribution >= 4 is 33.2 Å². The Morgan fingerprint density at radius 3 is 2.80 bits per heavy atom. The van der Waals surface area contributed by atoms with Gasteiger partial charge in [0.2, 0.25) is 15.9 Å². The van der Waals surface area contributed by atoms with E-state index in [9.17, 15) is 18.0 Å². The van der Waals surface area contributed by atoms with Crippen LogP contribution in [0.1, 0.15) is 16.8 Å². The SMILES string of the molecule is NS(=O)(=O)C1CCN(C(=O)CNC(=O)c2ccsc2)C1. The van der Waals surface area contributed by atoms with Crippen LogP contribution in [0, 0.1) is 0 Å². The molecule has 3 N–H and O–H groups in total. The number of carbonyl (C=O) groups excluding carboxylic acids is 2. The predicted octanol–water partition coefficient (Wildman–Crippen LogP) is -0.633. The molecule has 1 aromatic rings. The summed E-state index contributed by atoms with van der Waals surface area (Å²) in [4.78, 5) is 24.9. The number of carbonyl (C=O) groups is 2. The van der Waals surface area contributed by atoms with Crippen LogP contribution < -0.4 is 10.5 Å². The molecule has 1 saturated heterocycles. The molecule has 7 nitrogen and oxygen atoms in total. The van der Waals surface area contributed by atoms with E-state index in [1.54, 1.807) is 16.8 Å². The Kier molecular flexibility index (Phi) is 4.41. The van der Waals surface area contributed by atoms with Gasteiger partial charge in [0.05, 0.1) is 11.8 Å². The lowest BCUT2D eigenvalue weighted by molar-refractivity contribution is -0.129. The van der Waals surface area contributed by atoms with Gasteiger partial charge in [0.15, 0.2) is 0 Å². The van der Waals surface area contributed by atoms with Gasteiger partial charge in [-0.05, 0) is 17.9 Å². The number of nitrogens with zero attached hydrogens (tertiary/aromatic N) is 1. The summed E-state index contributed by atoms with van der Waals surface area (Å²) >= 11 is 1.39. The minimum absolute atomic E-state index is 0.0893. The van der Waals surface area contributed by atoms with Crippen LogP contribution in [0.4, 0.5) is 0 Å². The Hall–Kier alpha value is -1.45. The predicted molar refractivity (Wildman–Crippen MR) is 74.7 cm³/mol. The molecule has 1 atom stereocenters. The van der Waals surface area contributed by atoms with Crippen LogP contribution >= 0.6 is 11.3 Å². The number of amides is 2. The first-order valence-corrected chi connectivity index (χ1v) is 8.53. The van der Waals surface area contributed by atoms with Crippen LogP contribution in [-0.4, -0.2) is 50.0 Å². The van der Waals surface area contributed by atoms with E-state index in [1.165, 1.54) is 16.2 Å². The van der Waals surface area contributed by atoms with Gasteiger partial charge >= 0.3 is 0 Å². The van der Waals surface area contributed by atoms with E-state index in [4.69, 9.17) is 5.14 Å². The standard InChI is InChI=1S/C11H15N3O4S2/c12-20(17,18)9-1-3-14(6-9)10(15)5-13-11(16)8-2-4-19-7-8/h2,4,7,9H,1,3,5-6H2,(H,13,16)(H2,12,17,18). The van der Waals surface area contributed by atoms with Gasteiger partial charge in [0, 0.05) is 24.0 Å². The molecule has 1 aromatic heterocycles. The van der Waals surface area contributed by atoms with E-state index in [-0.39, 0.29) is 24.9 Å². The van der Waals surface area contributed by atoms with Gasteiger partial charge in [-0.2, -0.15) is 11.3 Å². The number of thiophene rings is 1. The summed E-state index contributed by atoms with van der Waals surface area (Å²) in [5.74, 6) is -0.624. The average Bonchev–Trinajstić information content (AvgIpc) is 3.04. The summed E-state index contributed by atoms with van der Waals surface area (Å²) in [6.45, 7) is 0.284. The van der Waals surface area contributed by atoms with Crippen molar-refractivity contribution in [2.45, 2.75) is 11.7 Å². The number of nitrogens with one attached hydrogen (secondary N) is 1. The third-order valence-corrected chi connectivity index (χ3v) is 5.14.